The minimum Gasteiger partial charge on any atom is -0.493 e. The van der Waals surface area contributed by atoms with Crippen molar-refractivity contribution < 1.29 is 14.2 Å². The Hall–Kier alpha value is -2.80. The highest BCUT2D eigenvalue weighted by molar-refractivity contribution is 7.80. The van der Waals surface area contributed by atoms with Crippen LogP contribution in [0.5, 0.6) is 17.2 Å². The summed E-state index contributed by atoms with van der Waals surface area (Å²) >= 11 is 5.27. The van der Waals surface area contributed by atoms with E-state index in [9.17, 15) is 0 Å². The van der Waals surface area contributed by atoms with Gasteiger partial charge in [-0.15, -0.1) is 0 Å². The maximum Gasteiger partial charge on any atom is 0.203 e. The van der Waals surface area contributed by atoms with E-state index < -0.39 is 0 Å². The molecule has 2 aromatic rings. The van der Waals surface area contributed by atoms with Crippen LogP contribution in [0.15, 0.2) is 41.5 Å². The lowest BCUT2D eigenvalue weighted by atomic mass is 10.0. The molecule has 0 saturated carbocycles. The van der Waals surface area contributed by atoms with Crippen molar-refractivity contribution in [3.05, 3.63) is 47.5 Å². The molecule has 144 valence electrons. The summed E-state index contributed by atoms with van der Waals surface area (Å²) < 4.78 is 16.1. The Morgan fingerprint density at radius 2 is 1.63 bits per heavy atom. The summed E-state index contributed by atoms with van der Waals surface area (Å²) in [4.78, 5) is 0. The van der Waals surface area contributed by atoms with Crippen molar-refractivity contribution in [2.75, 3.05) is 26.6 Å². The van der Waals surface area contributed by atoms with E-state index in [4.69, 9.17) is 26.4 Å². The fraction of sp³-hybridized carbons (Fsp3) is 0.300. The Bertz CT molecular complexity index is 805. The van der Waals surface area contributed by atoms with E-state index in [-0.39, 0.29) is 0 Å². The first kappa shape index (κ1) is 20.5. The van der Waals surface area contributed by atoms with Gasteiger partial charge in [0.05, 0.1) is 27.5 Å². The standard InChI is InChI=1S/C20H25N3O3S/c1-13(2)14-6-9-16(10-7-14)22-20(27)23-21-12-15-8-11-17(24-3)19(26-5)18(15)25-4/h6-13H,1-5H3,(H2,22,23,27)/b21-12-. The number of hydrogen-bond donors (Lipinski definition) is 2. The fourth-order valence-electron chi connectivity index (χ4n) is 2.50. The van der Waals surface area contributed by atoms with Gasteiger partial charge in [0.15, 0.2) is 16.6 Å². The van der Waals surface area contributed by atoms with E-state index in [0.29, 0.717) is 28.3 Å². The maximum absolute atomic E-state index is 5.42. The van der Waals surface area contributed by atoms with Gasteiger partial charge >= 0.3 is 0 Å². The molecule has 2 N–H and O–H groups in total. The lowest BCUT2D eigenvalue weighted by Gasteiger charge is -2.13. The van der Waals surface area contributed by atoms with E-state index in [1.165, 1.54) is 5.56 Å². The summed E-state index contributed by atoms with van der Waals surface area (Å²) in [5, 5.41) is 7.65. The molecule has 0 aliphatic carbocycles. The number of rotatable bonds is 7. The molecule has 2 rings (SSSR count). The molecule has 7 heteroatoms. The monoisotopic (exact) mass is 387 g/mol. The minimum absolute atomic E-state index is 0.392. The molecule has 0 bridgehead atoms. The second-order valence-electron chi connectivity index (χ2n) is 6.02. The van der Waals surface area contributed by atoms with Gasteiger partial charge in [0.2, 0.25) is 5.75 Å². The molecular weight excluding hydrogens is 362 g/mol. The summed E-state index contributed by atoms with van der Waals surface area (Å²) in [6.07, 6.45) is 1.61. The summed E-state index contributed by atoms with van der Waals surface area (Å²) in [5.74, 6) is 2.12. The minimum atomic E-state index is 0.392. The van der Waals surface area contributed by atoms with Crippen LogP contribution in [0.25, 0.3) is 0 Å². The smallest absolute Gasteiger partial charge is 0.203 e. The first-order valence-corrected chi connectivity index (χ1v) is 8.90. The summed E-state index contributed by atoms with van der Waals surface area (Å²) in [5.41, 5.74) is 5.70. The van der Waals surface area contributed by atoms with Gasteiger partial charge in [0.1, 0.15) is 0 Å². The third-order valence-electron chi connectivity index (χ3n) is 3.94. The molecule has 0 unspecified atom stereocenters. The second kappa shape index (κ2) is 9.78. The average Bonchev–Trinajstić information content (AvgIpc) is 2.67. The Balaban J connectivity index is 2.03. The molecule has 0 aromatic heterocycles. The van der Waals surface area contributed by atoms with E-state index in [1.54, 1.807) is 33.6 Å². The van der Waals surface area contributed by atoms with Crippen molar-refractivity contribution in [1.29, 1.82) is 0 Å². The molecule has 2 aromatic carbocycles. The Morgan fingerprint density at radius 3 is 2.19 bits per heavy atom. The van der Waals surface area contributed by atoms with E-state index in [2.05, 4.69) is 41.8 Å². The number of nitrogens with one attached hydrogen (secondary N) is 2. The molecule has 0 saturated heterocycles. The lowest BCUT2D eigenvalue weighted by molar-refractivity contribution is 0.324. The summed E-state index contributed by atoms with van der Waals surface area (Å²) in [7, 11) is 4.70. The van der Waals surface area contributed by atoms with Gasteiger partial charge in [-0.3, -0.25) is 5.43 Å². The van der Waals surface area contributed by atoms with Crippen molar-refractivity contribution in [2.45, 2.75) is 19.8 Å². The molecule has 27 heavy (non-hydrogen) atoms. The zero-order chi connectivity index (χ0) is 19.8. The van der Waals surface area contributed by atoms with Gasteiger partial charge < -0.3 is 19.5 Å². The number of hydrazone groups is 1. The molecule has 0 spiro atoms. The number of hydrogen-bond acceptors (Lipinski definition) is 5. The molecule has 0 aliphatic heterocycles. The van der Waals surface area contributed by atoms with Crippen LogP contribution in [0.1, 0.15) is 30.9 Å². The molecular formula is C20H25N3O3S. The second-order valence-corrected chi connectivity index (χ2v) is 6.43. The predicted molar refractivity (Wildman–Crippen MR) is 114 cm³/mol. The predicted octanol–water partition coefficient (Wildman–Crippen LogP) is 4.16. The Kier molecular flexibility index (Phi) is 7.43. The fourth-order valence-corrected chi connectivity index (χ4v) is 2.67. The van der Waals surface area contributed by atoms with Gasteiger partial charge in [0.25, 0.3) is 0 Å². The number of anilines is 1. The topological polar surface area (TPSA) is 64.1 Å². The first-order valence-electron chi connectivity index (χ1n) is 8.49. The zero-order valence-electron chi connectivity index (χ0n) is 16.2. The highest BCUT2D eigenvalue weighted by atomic mass is 32.1. The summed E-state index contributed by atoms with van der Waals surface area (Å²) in [6, 6.07) is 11.7. The molecule has 0 atom stereocenters. The van der Waals surface area contributed by atoms with Crippen molar-refractivity contribution >= 4 is 29.2 Å². The Labute approximate surface area is 165 Å². The first-order chi connectivity index (χ1) is 13.0. The van der Waals surface area contributed by atoms with Crippen LogP contribution in [0, 0.1) is 0 Å². The molecule has 6 nitrogen and oxygen atoms in total. The van der Waals surface area contributed by atoms with Gasteiger partial charge in [-0.1, -0.05) is 26.0 Å². The van der Waals surface area contributed by atoms with Gasteiger partial charge in [-0.05, 0) is 48.0 Å². The summed E-state index contributed by atoms with van der Waals surface area (Å²) in [6.45, 7) is 4.32. The Morgan fingerprint density at radius 1 is 0.963 bits per heavy atom. The third-order valence-corrected chi connectivity index (χ3v) is 4.13. The van der Waals surface area contributed by atoms with Crippen LogP contribution >= 0.6 is 12.2 Å². The largest absolute Gasteiger partial charge is 0.493 e. The van der Waals surface area contributed by atoms with Gasteiger partial charge in [-0.2, -0.15) is 5.10 Å². The molecule has 0 aliphatic rings. The average molecular weight is 388 g/mol. The third kappa shape index (κ3) is 5.34. The van der Waals surface area contributed by atoms with Crippen LogP contribution in [-0.4, -0.2) is 32.7 Å². The van der Waals surface area contributed by atoms with Crippen LogP contribution in [0.3, 0.4) is 0 Å². The van der Waals surface area contributed by atoms with E-state index >= 15 is 0 Å². The van der Waals surface area contributed by atoms with Gasteiger partial charge in [-0.25, -0.2) is 0 Å². The molecule has 0 fully saturated rings. The number of nitrogens with zero attached hydrogens (tertiary/aromatic N) is 1. The SMILES string of the molecule is COc1ccc(/C=N\NC(=S)Nc2ccc(C(C)C)cc2)c(OC)c1OC. The van der Waals surface area contributed by atoms with Crippen LogP contribution in [0.2, 0.25) is 0 Å². The number of ether oxygens (including phenoxy) is 3. The number of thiocarbonyl (C=S) groups is 1. The highest BCUT2D eigenvalue weighted by Crippen LogP contribution is 2.38. The molecule has 0 heterocycles. The van der Waals surface area contributed by atoms with Crippen molar-refractivity contribution in [3.63, 3.8) is 0 Å². The van der Waals surface area contributed by atoms with Crippen molar-refractivity contribution in [1.82, 2.24) is 5.43 Å². The van der Waals surface area contributed by atoms with Crippen LogP contribution < -0.4 is 25.0 Å². The lowest BCUT2D eigenvalue weighted by Crippen LogP contribution is -2.23. The zero-order valence-corrected chi connectivity index (χ0v) is 17.0. The highest BCUT2D eigenvalue weighted by Gasteiger charge is 2.14. The van der Waals surface area contributed by atoms with Crippen LogP contribution in [0.4, 0.5) is 5.69 Å². The number of methoxy groups -OCH3 is 3. The van der Waals surface area contributed by atoms with Crippen molar-refractivity contribution in [3.8, 4) is 17.2 Å². The van der Waals surface area contributed by atoms with E-state index in [0.717, 1.165) is 11.3 Å². The van der Waals surface area contributed by atoms with Gasteiger partial charge in [0, 0.05) is 11.3 Å². The van der Waals surface area contributed by atoms with E-state index in [1.807, 2.05) is 18.2 Å². The molecule has 0 radical (unpaired) electrons. The van der Waals surface area contributed by atoms with Crippen molar-refractivity contribution in [2.24, 2.45) is 5.10 Å². The molecule has 0 amide bonds. The quantitative estimate of drug-likeness (QED) is 0.423. The number of benzene rings is 2. The normalized spacial score (nSPS) is 10.7. The van der Waals surface area contributed by atoms with Crippen LogP contribution in [-0.2, 0) is 0 Å². The maximum atomic E-state index is 5.42.